The van der Waals surface area contributed by atoms with Crippen molar-refractivity contribution in [1.82, 2.24) is 5.32 Å². The Balaban J connectivity index is 2.78. The van der Waals surface area contributed by atoms with E-state index in [0.717, 1.165) is 0 Å². The van der Waals surface area contributed by atoms with Crippen molar-refractivity contribution in [3.05, 3.63) is 35.1 Å². The number of aryl methyl sites for hydroxylation is 1. The molecule has 0 fully saturated rings. The van der Waals surface area contributed by atoms with Crippen molar-refractivity contribution in [3.63, 3.8) is 0 Å². The van der Waals surface area contributed by atoms with Crippen molar-refractivity contribution in [2.75, 3.05) is 6.54 Å². The Hall–Kier alpha value is -1.89. The van der Waals surface area contributed by atoms with Crippen LogP contribution in [0.5, 0.6) is 0 Å². The molecule has 0 unspecified atom stereocenters. The SMILES string of the molecule is Cc1ccc(F)cc1C(=O)NCC(C)(C)C#N. The molecular formula is C13H15FN2O. The summed E-state index contributed by atoms with van der Waals surface area (Å²) in [6.07, 6.45) is 0. The maximum absolute atomic E-state index is 13.0. The second-order valence-electron chi connectivity index (χ2n) is 4.64. The molecule has 0 bridgehead atoms. The monoisotopic (exact) mass is 234 g/mol. The first-order chi connectivity index (χ1) is 7.85. The third-order valence-corrected chi connectivity index (χ3v) is 2.44. The van der Waals surface area contributed by atoms with E-state index in [0.29, 0.717) is 11.1 Å². The van der Waals surface area contributed by atoms with Gasteiger partial charge in [-0.3, -0.25) is 4.79 Å². The average Bonchev–Trinajstić information content (AvgIpc) is 2.29. The van der Waals surface area contributed by atoms with E-state index in [4.69, 9.17) is 5.26 Å². The van der Waals surface area contributed by atoms with Crippen LogP contribution in [-0.2, 0) is 0 Å². The summed E-state index contributed by atoms with van der Waals surface area (Å²) in [5.74, 6) is -0.800. The number of carbonyl (C=O) groups is 1. The molecule has 0 heterocycles. The molecule has 3 nitrogen and oxygen atoms in total. The van der Waals surface area contributed by atoms with Gasteiger partial charge in [-0.1, -0.05) is 6.07 Å². The minimum atomic E-state index is -0.628. The van der Waals surface area contributed by atoms with Crippen LogP contribution in [0.15, 0.2) is 18.2 Å². The predicted molar refractivity (Wildman–Crippen MR) is 62.9 cm³/mol. The third kappa shape index (κ3) is 3.56. The molecule has 0 aliphatic heterocycles. The number of rotatable bonds is 3. The van der Waals surface area contributed by atoms with Crippen LogP contribution < -0.4 is 5.32 Å². The molecule has 90 valence electrons. The lowest BCUT2D eigenvalue weighted by molar-refractivity contribution is 0.0942. The summed E-state index contributed by atoms with van der Waals surface area (Å²) in [6.45, 7) is 5.43. The Morgan fingerprint density at radius 3 is 2.76 bits per heavy atom. The number of halogens is 1. The summed E-state index contributed by atoms with van der Waals surface area (Å²) in [5, 5.41) is 11.4. The Kier molecular flexibility index (Phi) is 3.84. The number of amides is 1. The molecule has 1 N–H and O–H groups in total. The van der Waals surface area contributed by atoms with Crippen LogP contribution in [-0.4, -0.2) is 12.5 Å². The van der Waals surface area contributed by atoms with Gasteiger partial charge in [-0.25, -0.2) is 4.39 Å². The number of hydrogen-bond acceptors (Lipinski definition) is 2. The highest BCUT2D eigenvalue weighted by atomic mass is 19.1. The summed E-state index contributed by atoms with van der Waals surface area (Å²) in [4.78, 5) is 11.8. The second-order valence-corrected chi connectivity index (χ2v) is 4.64. The van der Waals surface area contributed by atoms with Crippen LogP contribution in [0, 0.1) is 29.5 Å². The van der Waals surface area contributed by atoms with Gasteiger partial charge >= 0.3 is 0 Å². The number of nitrogens with zero attached hydrogens (tertiary/aromatic N) is 1. The van der Waals surface area contributed by atoms with Gasteiger partial charge in [0.1, 0.15) is 5.82 Å². The first-order valence-corrected chi connectivity index (χ1v) is 5.31. The van der Waals surface area contributed by atoms with Crippen molar-refractivity contribution in [2.45, 2.75) is 20.8 Å². The third-order valence-electron chi connectivity index (χ3n) is 2.44. The summed E-state index contributed by atoms with van der Waals surface area (Å²) >= 11 is 0. The molecule has 17 heavy (non-hydrogen) atoms. The molecule has 1 aromatic rings. The maximum atomic E-state index is 13.0. The number of carbonyl (C=O) groups excluding carboxylic acids is 1. The zero-order valence-electron chi connectivity index (χ0n) is 10.2. The minimum absolute atomic E-state index is 0.234. The Bertz CT molecular complexity index is 475. The van der Waals surface area contributed by atoms with Gasteiger partial charge in [0.2, 0.25) is 0 Å². The van der Waals surface area contributed by atoms with Gasteiger partial charge in [0.25, 0.3) is 5.91 Å². The van der Waals surface area contributed by atoms with Gasteiger partial charge in [0.05, 0.1) is 11.5 Å². The Morgan fingerprint density at radius 1 is 1.53 bits per heavy atom. The second kappa shape index (κ2) is 4.96. The van der Waals surface area contributed by atoms with Gasteiger partial charge in [-0.15, -0.1) is 0 Å². The van der Waals surface area contributed by atoms with Gasteiger partial charge in [0.15, 0.2) is 0 Å². The zero-order chi connectivity index (χ0) is 13.1. The van der Waals surface area contributed by atoms with Crippen LogP contribution in [0.1, 0.15) is 29.8 Å². The molecular weight excluding hydrogens is 219 g/mol. The molecule has 0 aliphatic carbocycles. The predicted octanol–water partition coefficient (Wildman–Crippen LogP) is 2.41. The normalized spacial score (nSPS) is 10.8. The highest BCUT2D eigenvalue weighted by Crippen LogP contribution is 2.13. The number of nitrogens with one attached hydrogen (secondary N) is 1. The fraction of sp³-hybridized carbons (Fsp3) is 0.385. The van der Waals surface area contributed by atoms with E-state index in [1.165, 1.54) is 12.1 Å². The van der Waals surface area contributed by atoms with Crippen molar-refractivity contribution in [3.8, 4) is 6.07 Å². The van der Waals surface area contributed by atoms with Crippen molar-refractivity contribution < 1.29 is 9.18 Å². The molecule has 0 saturated heterocycles. The molecule has 1 amide bonds. The number of hydrogen-bond donors (Lipinski definition) is 1. The van der Waals surface area contributed by atoms with Crippen LogP contribution in [0.4, 0.5) is 4.39 Å². The van der Waals surface area contributed by atoms with Crippen molar-refractivity contribution >= 4 is 5.91 Å². The molecule has 0 atom stereocenters. The van der Waals surface area contributed by atoms with Crippen molar-refractivity contribution in [2.24, 2.45) is 5.41 Å². The quantitative estimate of drug-likeness (QED) is 0.873. The number of nitriles is 1. The molecule has 0 radical (unpaired) electrons. The topological polar surface area (TPSA) is 52.9 Å². The molecule has 1 rings (SSSR count). The van der Waals surface area contributed by atoms with Gasteiger partial charge < -0.3 is 5.32 Å². The van der Waals surface area contributed by atoms with Gasteiger partial charge in [-0.2, -0.15) is 5.26 Å². The summed E-state index contributed by atoms with van der Waals surface area (Å²) < 4.78 is 13.0. The van der Waals surface area contributed by atoms with Gasteiger partial charge in [0, 0.05) is 12.1 Å². The minimum Gasteiger partial charge on any atom is -0.350 e. The largest absolute Gasteiger partial charge is 0.350 e. The smallest absolute Gasteiger partial charge is 0.251 e. The van der Waals surface area contributed by atoms with E-state index in [9.17, 15) is 9.18 Å². The van der Waals surface area contributed by atoms with E-state index in [2.05, 4.69) is 11.4 Å². The van der Waals surface area contributed by atoms with Crippen molar-refractivity contribution in [1.29, 1.82) is 5.26 Å². The van der Waals surface area contributed by atoms with E-state index in [-0.39, 0.29) is 12.5 Å². The lowest BCUT2D eigenvalue weighted by Gasteiger charge is -2.16. The average molecular weight is 234 g/mol. The van der Waals surface area contributed by atoms with E-state index in [1.807, 2.05) is 0 Å². The highest BCUT2D eigenvalue weighted by Gasteiger charge is 2.19. The lowest BCUT2D eigenvalue weighted by Crippen LogP contribution is -2.33. The number of benzene rings is 1. The van der Waals surface area contributed by atoms with E-state index in [1.54, 1.807) is 26.8 Å². The first-order valence-electron chi connectivity index (χ1n) is 5.31. The zero-order valence-corrected chi connectivity index (χ0v) is 10.2. The molecule has 1 aromatic carbocycles. The highest BCUT2D eigenvalue weighted by molar-refractivity contribution is 5.95. The Labute approximate surface area is 100 Å². The Morgan fingerprint density at radius 2 is 2.18 bits per heavy atom. The lowest BCUT2D eigenvalue weighted by atomic mass is 9.96. The molecule has 0 spiro atoms. The van der Waals surface area contributed by atoms with Crippen LogP contribution in [0.2, 0.25) is 0 Å². The standard InChI is InChI=1S/C13H15FN2O/c1-9-4-5-10(14)6-11(9)12(17)16-8-13(2,3)7-15/h4-6H,8H2,1-3H3,(H,16,17). The van der Waals surface area contributed by atoms with Crippen LogP contribution in [0.3, 0.4) is 0 Å². The van der Waals surface area contributed by atoms with Crippen LogP contribution in [0.25, 0.3) is 0 Å². The molecule has 4 heteroatoms. The summed E-state index contributed by atoms with van der Waals surface area (Å²) in [5.41, 5.74) is 0.383. The molecule has 0 aromatic heterocycles. The molecule has 0 aliphatic rings. The summed E-state index contributed by atoms with van der Waals surface area (Å²) in [6, 6.07) is 6.15. The maximum Gasteiger partial charge on any atom is 0.251 e. The van der Waals surface area contributed by atoms with Gasteiger partial charge in [-0.05, 0) is 38.5 Å². The fourth-order valence-electron chi connectivity index (χ4n) is 1.27. The summed E-state index contributed by atoms with van der Waals surface area (Å²) in [7, 11) is 0. The van der Waals surface area contributed by atoms with Crippen LogP contribution >= 0.6 is 0 Å². The van der Waals surface area contributed by atoms with E-state index < -0.39 is 11.2 Å². The fourth-order valence-corrected chi connectivity index (χ4v) is 1.27. The van der Waals surface area contributed by atoms with E-state index >= 15 is 0 Å². The molecule has 0 saturated carbocycles. The first kappa shape index (κ1) is 13.2.